The number of fused-ring (bicyclic) bond motifs is 2. The molecule has 0 saturated heterocycles. The first-order chi connectivity index (χ1) is 12.8. The molecule has 27 heavy (non-hydrogen) atoms. The largest absolute Gasteiger partial charge is 0.392 e. The second-order valence-corrected chi connectivity index (χ2v) is 12.4. The minimum atomic E-state index is -3.38. The van der Waals surface area contributed by atoms with E-state index in [2.05, 4.69) is 13.8 Å². The molecule has 0 aliphatic heterocycles. The summed E-state index contributed by atoms with van der Waals surface area (Å²) in [4.78, 5) is 0. The summed E-state index contributed by atoms with van der Waals surface area (Å²) in [7, 11) is -3.38. The van der Waals surface area contributed by atoms with Crippen molar-refractivity contribution >= 4 is 10.0 Å². The first-order valence-electron chi connectivity index (χ1n) is 11.5. The summed E-state index contributed by atoms with van der Waals surface area (Å²) in [5, 5.41) is 10.9. The van der Waals surface area contributed by atoms with Crippen LogP contribution < -0.4 is 0 Å². The highest BCUT2D eigenvalue weighted by molar-refractivity contribution is 7.89. The second kappa shape index (κ2) is 7.28. The predicted molar refractivity (Wildman–Crippen MR) is 109 cm³/mol. The smallest absolute Gasteiger partial charge is 0.215 e. The molecule has 5 heteroatoms. The zero-order valence-electron chi connectivity index (χ0n) is 17.3. The number of hydrogen-bond acceptors (Lipinski definition) is 3. The van der Waals surface area contributed by atoms with Crippen LogP contribution in [-0.4, -0.2) is 41.8 Å². The molecule has 0 heterocycles. The zero-order chi connectivity index (χ0) is 19.3. The van der Waals surface area contributed by atoms with Gasteiger partial charge in [0.1, 0.15) is 0 Å². The molecule has 4 rings (SSSR count). The van der Waals surface area contributed by atoms with E-state index in [4.69, 9.17) is 0 Å². The summed E-state index contributed by atoms with van der Waals surface area (Å²) in [5.74, 6) is 0.637. The van der Waals surface area contributed by atoms with Crippen LogP contribution in [0.2, 0.25) is 0 Å². The lowest BCUT2D eigenvalue weighted by atomic mass is 9.70. The van der Waals surface area contributed by atoms with Crippen LogP contribution in [0.4, 0.5) is 0 Å². The molecule has 0 radical (unpaired) electrons. The maximum Gasteiger partial charge on any atom is 0.215 e. The van der Waals surface area contributed by atoms with E-state index in [-0.39, 0.29) is 23.3 Å². The van der Waals surface area contributed by atoms with E-state index in [9.17, 15) is 13.5 Å². The summed E-state index contributed by atoms with van der Waals surface area (Å²) >= 11 is 0. The molecule has 0 aromatic rings. The Morgan fingerprint density at radius 1 is 0.889 bits per heavy atom. The van der Waals surface area contributed by atoms with Crippen molar-refractivity contribution in [2.45, 2.75) is 116 Å². The predicted octanol–water partition coefficient (Wildman–Crippen LogP) is 4.47. The van der Waals surface area contributed by atoms with Gasteiger partial charge < -0.3 is 5.11 Å². The molecule has 4 aliphatic carbocycles. The van der Waals surface area contributed by atoms with Crippen LogP contribution in [-0.2, 0) is 10.0 Å². The molecule has 0 aromatic carbocycles. The first kappa shape index (κ1) is 20.2. The van der Waals surface area contributed by atoms with Crippen molar-refractivity contribution in [1.82, 2.24) is 4.31 Å². The third kappa shape index (κ3) is 3.30. The van der Waals surface area contributed by atoms with Crippen molar-refractivity contribution in [3.05, 3.63) is 0 Å². The molecule has 0 amide bonds. The van der Waals surface area contributed by atoms with Gasteiger partial charge in [0.2, 0.25) is 10.0 Å². The summed E-state index contributed by atoms with van der Waals surface area (Å²) in [6, 6.07) is 0.393. The number of sulfonamides is 1. The average molecular weight is 398 g/mol. The van der Waals surface area contributed by atoms with Crippen LogP contribution in [0.15, 0.2) is 0 Å². The SMILES string of the molecule is CC1(C)C2CC[C@@]1(CS(=O)(=O)N(C1CCCCC1)C1CCCCC1)C(O)C2. The Balaban J connectivity index is 1.64. The van der Waals surface area contributed by atoms with Crippen molar-refractivity contribution < 1.29 is 13.5 Å². The fraction of sp³-hybridized carbons (Fsp3) is 1.00. The molecule has 2 unspecified atom stereocenters. The Kier molecular flexibility index (Phi) is 5.44. The quantitative estimate of drug-likeness (QED) is 0.744. The van der Waals surface area contributed by atoms with Crippen molar-refractivity contribution in [3.63, 3.8) is 0 Å². The highest BCUT2D eigenvalue weighted by Crippen LogP contribution is 2.66. The Labute approximate surface area is 166 Å². The van der Waals surface area contributed by atoms with Crippen molar-refractivity contribution in [2.75, 3.05) is 5.75 Å². The van der Waals surface area contributed by atoms with E-state index in [1.165, 1.54) is 12.8 Å². The monoisotopic (exact) mass is 397 g/mol. The molecular weight excluding hydrogens is 358 g/mol. The minimum Gasteiger partial charge on any atom is -0.392 e. The van der Waals surface area contributed by atoms with E-state index in [1.807, 2.05) is 4.31 Å². The van der Waals surface area contributed by atoms with Gasteiger partial charge in [0, 0.05) is 17.5 Å². The maximum absolute atomic E-state index is 13.9. The lowest BCUT2D eigenvalue weighted by molar-refractivity contribution is 0.0136. The minimum absolute atomic E-state index is 0.0791. The number of nitrogens with zero attached hydrogens (tertiary/aromatic N) is 1. The van der Waals surface area contributed by atoms with Gasteiger partial charge in [-0.05, 0) is 56.3 Å². The molecule has 4 fully saturated rings. The van der Waals surface area contributed by atoms with Gasteiger partial charge in [0.15, 0.2) is 0 Å². The van der Waals surface area contributed by atoms with E-state index >= 15 is 0 Å². The lowest BCUT2D eigenvalue weighted by Crippen LogP contribution is -2.54. The van der Waals surface area contributed by atoms with Crippen LogP contribution in [0.5, 0.6) is 0 Å². The summed E-state index contributed by atoms with van der Waals surface area (Å²) in [6.07, 6.45) is 13.5. The van der Waals surface area contributed by atoms with Gasteiger partial charge in [-0.3, -0.25) is 0 Å². The first-order valence-corrected chi connectivity index (χ1v) is 13.1. The maximum atomic E-state index is 13.9. The van der Waals surface area contributed by atoms with Gasteiger partial charge in [-0.2, -0.15) is 4.31 Å². The van der Waals surface area contributed by atoms with E-state index < -0.39 is 21.5 Å². The molecule has 4 aliphatic rings. The molecule has 1 N–H and O–H groups in total. The fourth-order valence-electron chi connectivity index (χ4n) is 7.20. The average Bonchev–Trinajstić information content (AvgIpc) is 2.97. The Bertz CT molecular complexity index is 616. The van der Waals surface area contributed by atoms with Crippen LogP contribution >= 0.6 is 0 Å². The summed E-state index contributed by atoms with van der Waals surface area (Å²) in [6.45, 7) is 4.42. The summed E-state index contributed by atoms with van der Waals surface area (Å²) < 4.78 is 29.8. The molecule has 4 saturated carbocycles. The lowest BCUT2D eigenvalue weighted by Gasteiger charge is -2.45. The Morgan fingerprint density at radius 2 is 1.41 bits per heavy atom. The number of aliphatic hydroxyl groups is 1. The van der Waals surface area contributed by atoms with Gasteiger partial charge in [-0.25, -0.2) is 8.42 Å². The van der Waals surface area contributed by atoms with Crippen LogP contribution in [0, 0.1) is 16.7 Å². The van der Waals surface area contributed by atoms with Crippen molar-refractivity contribution in [1.29, 1.82) is 0 Å². The van der Waals surface area contributed by atoms with Gasteiger partial charge >= 0.3 is 0 Å². The molecule has 156 valence electrons. The Hall–Kier alpha value is -0.130. The topological polar surface area (TPSA) is 57.6 Å². The summed E-state index contributed by atoms with van der Waals surface area (Å²) in [5.41, 5.74) is -0.525. The normalized spacial score (nSPS) is 37.9. The highest BCUT2D eigenvalue weighted by Gasteiger charge is 2.65. The zero-order valence-corrected chi connectivity index (χ0v) is 18.1. The van der Waals surface area contributed by atoms with Crippen molar-refractivity contribution in [2.24, 2.45) is 16.7 Å². The molecule has 3 atom stereocenters. The third-order valence-corrected chi connectivity index (χ3v) is 11.1. The molecule has 0 spiro atoms. The fourth-order valence-corrected chi connectivity index (χ4v) is 10.0. The van der Waals surface area contributed by atoms with E-state index in [0.717, 1.165) is 70.6 Å². The van der Waals surface area contributed by atoms with Gasteiger partial charge in [-0.15, -0.1) is 0 Å². The number of hydrogen-bond donors (Lipinski definition) is 1. The van der Waals surface area contributed by atoms with E-state index in [0.29, 0.717) is 5.92 Å². The second-order valence-electron chi connectivity index (χ2n) is 10.5. The van der Waals surface area contributed by atoms with Gasteiger partial charge in [0.25, 0.3) is 0 Å². The standard InChI is InChI=1S/C22H39NO3S/c1-21(2)17-13-14-22(21,20(24)15-17)16-27(25,26)23(18-9-5-3-6-10-18)19-11-7-4-8-12-19/h17-20,24H,3-16H2,1-2H3/t17?,20?,22-/m1/s1. The van der Waals surface area contributed by atoms with Crippen LogP contribution in [0.25, 0.3) is 0 Å². The molecule has 2 bridgehead atoms. The highest BCUT2D eigenvalue weighted by atomic mass is 32.2. The van der Waals surface area contributed by atoms with Crippen LogP contribution in [0.3, 0.4) is 0 Å². The van der Waals surface area contributed by atoms with Crippen LogP contribution in [0.1, 0.15) is 97.3 Å². The Morgan fingerprint density at radius 3 is 1.81 bits per heavy atom. The molecule has 0 aromatic heterocycles. The van der Waals surface area contributed by atoms with E-state index in [1.54, 1.807) is 0 Å². The number of rotatable bonds is 5. The van der Waals surface area contributed by atoms with Gasteiger partial charge in [0.05, 0.1) is 11.9 Å². The van der Waals surface area contributed by atoms with Gasteiger partial charge in [-0.1, -0.05) is 52.4 Å². The number of aliphatic hydroxyl groups excluding tert-OH is 1. The molecular formula is C22H39NO3S. The van der Waals surface area contributed by atoms with Crippen molar-refractivity contribution in [3.8, 4) is 0 Å². The molecule has 4 nitrogen and oxygen atoms in total. The third-order valence-electron chi connectivity index (χ3n) is 9.02.